The number of nitrogens with zero attached hydrogens (tertiary/aromatic N) is 3. The second-order valence-corrected chi connectivity index (χ2v) is 10.7. The third kappa shape index (κ3) is 3.39. The van der Waals surface area contributed by atoms with Crippen molar-refractivity contribution in [2.45, 2.75) is 23.2 Å². The van der Waals surface area contributed by atoms with E-state index in [9.17, 15) is 21.6 Å². The van der Waals surface area contributed by atoms with Crippen LogP contribution in [0.5, 0.6) is 0 Å². The molecule has 6 nitrogen and oxygen atoms in total. The normalized spacial score (nSPS) is 25.2. The van der Waals surface area contributed by atoms with Crippen molar-refractivity contribution in [2.24, 2.45) is 11.3 Å². The molecule has 146 valence electrons. The molecule has 4 rings (SSSR count). The van der Waals surface area contributed by atoms with E-state index in [1.807, 2.05) is 0 Å². The molecule has 0 saturated carbocycles. The number of alkyl halides is 3. The zero-order chi connectivity index (χ0) is 18.6. The molecule has 0 radical (unpaired) electrons. The van der Waals surface area contributed by atoms with Crippen LogP contribution in [0.4, 0.5) is 13.2 Å². The molecule has 3 aliphatic heterocycles. The van der Waals surface area contributed by atoms with Gasteiger partial charge >= 0.3 is 6.18 Å². The Kier molecular flexibility index (Phi) is 4.58. The van der Waals surface area contributed by atoms with E-state index in [1.165, 1.54) is 4.31 Å². The van der Waals surface area contributed by atoms with E-state index in [0.717, 1.165) is 51.9 Å². The summed E-state index contributed by atoms with van der Waals surface area (Å²) in [4.78, 5) is 5.55. The van der Waals surface area contributed by atoms with Crippen LogP contribution in [0.3, 0.4) is 0 Å². The van der Waals surface area contributed by atoms with Crippen LogP contribution in [0.15, 0.2) is 10.4 Å². The quantitative estimate of drug-likeness (QED) is 0.757. The zero-order valence-electron chi connectivity index (χ0n) is 14.0. The van der Waals surface area contributed by atoms with Gasteiger partial charge in [-0.25, -0.2) is 13.4 Å². The standard InChI is InChI=1S/C15H20F3N3O3S2/c16-15(17,18)13-19-5-12(25-13)26(22,23)21-9-14(10-21)7-20(8-14)6-11-1-3-24-4-2-11/h5,11H,1-4,6-10H2. The van der Waals surface area contributed by atoms with Crippen LogP contribution >= 0.6 is 11.3 Å². The first-order valence-electron chi connectivity index (χ1n) is 8.51. The molecule has 0 unspecified atom stereocenters. The van der Waals surface area contributed by atoms with Gasteiger partial charge in [-0.1, -0.05) is 11.3 Å². The van der Waals surface area contributed by atoms with E-state index in [2.05, 4.69) is 9.88 Å². The maximum Gasteiger partial charge on any atom is 0.443 e. The molecule has 0 atom stereocenters. The highest BCUT2D eigenvalue weighted by molar-refractivity contribution is 7.91. The first kappa shape index (κ1) is 18.6. The second-order valence-electron chi connectivity index (χ2n) is 7.48. The Morgan fingerprint density at radius 2 is 1.88 bits per heavy atom. The minimum absolute atomic E-state index is 0.0320. The number of likely N-dealkylation sites (tertiary alicyclic amines) is 1. The lowest BCUT2D eigenvalue weighted by Gasteiger charge is -2.60. The van der Waals surface area contributed by atoms with Gasteiger partial charge in [-0.15, -0.1) is 0 Å². The molecule has 4 heterocycles. The topological polar surface area (TPSA) is 62.7 Å². The monoisotopic (exact) mass is 411 g/mol. The van der Waals surface area contributed by atoms with Crippen molar-refractivity contribution in [3.63, 3.8) is 0 Å². The Morgan fingerprint density at radius 1 is 1.23 bits per heavy atom. The summed E-state index contributed by atoms with van der Waals surface area (Å²) in [6, 6.07) is 0. The van der Waals surface area contributed by atoms with Crippen molar-refractivity contribution in [1.82, 2.24) is 14.2 Å². The average molecular weight is 411 g/mol. The summed E-state index contributed by atoms with van der Waals surface area (Å²) in [5.74, 6) is 0.638. The largest absolute Gasteiger partial charge is 0.443 e. The number of rotatable bonds is 4. The van der Waals surface area contributed by atoms with Crippen LogP contribution in [0.25, 0.3) is 0 Å². The van der Waals surface area contributed by atoms with Crippen molar-refractivity contribution >= 4 is 21.4 Å². The third-order valence-electron chi connectivity index (χ3n) is 5.32. The molecule has 3 saturated heterocycles. The number of thiazole rings is 1. The Balaban J connectivity index is 1.31. The van der Waals surface area contributed by atoms with Gasteiger partial charge in [-0.2, -0.15) is 17.5 Å². The predicted molar refractivity (Wildman–Crippen MR) is 88.3 cm³/mol. The van der Waals surface area contributed by atoms with Crippen LogP contribution in [0.1, 0.15) is 17.8 Å². The number of sulfonamides is 1. The van der Waals surface area contributed by atoms with E-state index >= 15 is 0 Å². The Bertz CT molecular complexity index is 761. The highest BCUT2D eigenvalue weighted by atomic mass is 32.2. The first-order chi connectivity index (χ1) is 12.2. The summed E-state index contributed by atoms with van der Waals surface area (Å²) >= 11 is 0.186. The van der Waals surface area contributed by atoms with Crippen molar-refractivity contribution in [3.05, 3.63) is 11.2 Å². The lowest BCUT2D eigenvalue weighted by atomic mass is 9.74. The fourth-order valence-electron chi connectivity index (χ4n) is 4.03. The van der Waals surface area contributed by atoms with Gasteiger partial charge in [0.05, 0.1) is 6.20 Å². The van der Waals surface area contributed by atoms with E-state index < -0.39 is 21.2 Å². The molecule has 0 N–H and O–H groups in total. The Hall–Kier alpha value is -0.750. The number of ether oxygens (including phenoxy) is 1. The van der Waals surface area contributed by atoms with Crippen LogP contribution in [-0.4, -0.2) is 68.5 Å². The van der Waals surface area contributed by atoms with Crippen LogP contribution in [0, 0.1) is 11.3 Å². The van der Waals surface area contributed by atoms with Crippen molar-refractivity contribution < 1.29 is 26.3 Å². The molecular formula is C15H20F3N3O3S2. The molecule has 1 aromatic rings. The van der Waals surface area contributed by atoms with Gasteiger partial charge in [-0.3, -0.25) is 0 Å². The number of hydrogen-bond donors (Lipinski definition) is 0. The lowest BCUT2D eigenvalue weighted by Crippen LogP contribution is -2.73. The fourth-order valence-corrected chi connectivity index (χ4v) is 6.85. The third-order valence-corrected chi connectivity index (χ3v) is 8.59. The lowest BCUT2D eigenvalue weighted by molar-refractivity contribution is -0.137. The molecule has 1 aromatic heterocycles. The molecule has 3 fully saturated rings. The summed E-state index contributed by atoms with van der Waals surface area (Å²) < 4.78 is 69.2. The maximum absolute atomic E-state index is 12.6. The molecule has 26 heavy (non-hydrogen) atoms. The summed E-state index contributed by atoms with van der Waals surface area (Å²) in [6.45, 7) is 5.09. The first-order valence-corrected chi connectivity index (χ1v) is 10.8. The number of aromatic nitrogens is 1. The molecule has 3 aliphatic rings. The zero-order valence-corrected chi connectivity index (χ0v) is 15.7. The van der Waals surface area contributed by atoms with E-state index in [-0.39, 0.29) is 21.0 Å². The number of hydrogen-bond acceptors (Lipinski definition) is 6. The van der Waals surface area contributed by atoms with Gasteiger partial charge in [0.1, 0.15) is 0 Å². The number of halogens is 3. The predicted octanol–water partition coefficient (Wildman–Crippen LogP) is 1.89. The Morgan fingerprint density at radius 3 is 2.46 bits per heavy atom. The van der Waals surface area contributed by atoms with Gasteiger partial charge < -0.3 is 9.64 Å². The summed E-state index contributed by atoms with van der Waals surface area (Å²) in [7, 11) is -3.88. The van der Waals surface area contributed by atoms with Crippen molar-refractivity contribution in [3.8, 4) is 0 Å². The van der Waals surface area contributed by atoms with E-state index in [4.69, 9.17) is 4.74 Å². The van der Waals surface area contributed by atoms with Gasteiger partial charge in [0.25, 0.3) is 10.0 Å². The SMILES string of the molecule is O=S(=O)(c1cnc(C(F)(F)F)s1)N1CC2(CN(CC3CCOCC3)C2)C1. The fraction of sp³-hybridized carbons (Fsp3) is 0.800. The van der Waals surface area contributed by atoms with Crippen molar-refractivity contribution in [2.75, 3.05) is 45.9 Å². The second kappa shape index (κ2) is 6.40. The van der Waals surface area contributed by atoms with Crippen LogP contribution in [0.2, 0.25) is 0 Å². The van der Waals surface area contributed by atoms with Gasteiger partial charge in [0.15, 0.2) is 9.22 Å². The Labute approximate surface area is 154 Å². The van der Waals surface area contributed by atoms with Crippen LogP contribution in [-0.2, 0) is 20.9 Å². The molecule has 0 aliphatic carbocycles. The van der Waals surface area contributed by atoms with Gasteiger partial charge in [0.2, 0.25) is 0 Å². The molecule has 11 heteroatoms. The van der Waals surface area contributed by atoms with Crippen molar-refractivity contribution in [1.29, 1.82) is 0 Å². The summed E-state index contributed by atoms with van der Waals surface area (Å²) in [5.41, 5.74) is -0.0320. The molecule has 0 amide bonds. The highest BCUT2D eigenvalue weighted by Gasteiger charge is 2.55. The van der Waals surface area contributed by atoms with E-state index in [1.54, 1.807) is 0 Å². The molecule has 0 aromatic carbocycles. The van der Waals surface area contributed by atoms with Crippen LogP contribution < -0.4 is 0 Å². The van der Waals surface area contributed by atoms with E-state index in [0.29, 0.717) is 19.0 Å². The minimum atomic E-state index is -4.62. The molecule has 1 spiro atoms. The summed E-state index contributed by atoms with van der Waals surface area (Å²) in [6.07, 6.45) is -1.67. The average Bonchev–Trinajstić information content (AvgIpc) is 3.00. The summed E-state index contributed by atoms with van der Waals surface area (Å²) in [5, 5.41) is -1.13. The highest BCUT2D eigenvalue weighted by Crippen LogP contribution is 2.44. The molecular weight excluding hydrogens is 391 g/mol. The molecule has 0 bridgehead atoms. The maximum atomic E-state index is 12.6. The van der Waals surface area contributed by atoms with Gasteiger partial charge in [-0.05, 0) is 18.8 Å². The van der Waals surface area contributed by atoms with Gasteiger partial charge in [0, 0.05) is 51.4 Å². The minimum Gasteiger partial charge on any atom is -0.381 e. The smallest absolute Gasteiger partial charge is 0.381 e.